The average molecular weight is 333 g/mol. The van der Waals surface area contributed by atoms with Gasteiger partial charge in [-0.25, -0.2) is 4.99 Å². The van der Waals surface area contributed by atoms with Gasteiger partial charge in [-0.1, -0.05) is 13.0 Å². The number of nitrogens with zero attached hydrogens (tertiary/aromatic N) is 1. The van der Waals surface area contributed by atoms with E-state index in [1.165, 1.54) is 13.2 Å². The number of nitrogens with one attached hydrogen (secondary N) is 1. The fraction of sp³-hybridized carbons (Fsp3) is 0.533. The summed E-state index contributed by atoms with van der Waals surface area (Å²) in [6, 6.07) is 4.83. The first kappa shape index (κ1) is 18.9. The van der Waals surface area contributed by atoms with Gasteiger partial charge in [0.05, 0.1) is 13.7 Å². The van der Waals surface area contributed by atoms with E-state index in [0.717, 1.165) is 12.0 Å². The van der Waals surface area contributed by atoms with Crippen molar-refractivity contribution in [3.63, 3.8) is 0 Å². The van der Waals surface area contributed by atoms with Crippen LogP contribution in [0.1, 0.15) is 25.8 Å². The lowest BCUT2D eigenvalue weighted by molar-refractivity contribution is -0.153. The topological polar surface area (TPSA) is 68.9 Å². The third-order valence-electron chi connectivity index (χ3n) is 3.06. The van der Waals surface area contributed by atoms with Crippen LogP contribution in [0.4, 0.5) is 13.2 Å². The van der Waals surface area contributed by atoms with Gasteiger partial charge in [0.2, 0.25) is 0 Å². The number of nitrogens with two attached hydrogens (primary N) is 1. The number of alkyl halides is 3. The molecule has 1 unspecified atom stereocenters. The number of halogens is 3. The zero-order valence-electron chi connectivity index (χ0n) is 13.4. The minimum atomic E-state index is -4.40. The van der Waals surface area contributed by atoms with Gasteiger partial charge in [0.15, 0.2) is 24.1 Å². The van der Waals surface area contributed by atoms with Gasteiger partial charge in [0.25, 0.3) is 0 Å². The van der Waals surface area contributed by atoms with E-state index in [-0.39, 0.29) is 24.1 Å². The van der Waals surface area contributed by atoms with Crippen molar-refractivity contribution in [3.8, 4) is 11.5 Å². The van der Waals surface area contributed by atoms with E-state index in [0.29, 0.717) is 5.96 Å². The summed E-state index contributed by atoms with van der Waals surface area (Å²) < 4.78 is 46.4. The van der Waals surface area contributed by atoms with Crippen molar-refractivity contribution in [2.24, 2.45) is 10.7 Å². The number of hydrogen-bond donors (Lipinski definition) is 2. The molecule has 0 bridgehead atoms. The van der Waals surface area contributed by atoms with Crippen molar-refractivity contribution < 1.29 is 22.6 Å². The Morgan fingerprint density at radius 2 is 2.04 bits per heavy atom. The standard InChI is InChI=1S/C15H22F3N3O2/c1-4-10(2)21-14(19)20-8-11-5-6-12(13(7-11)22-3)23-9-15(16,17)18/h5-7,10H,4,8-9H2,1-3H3,(H3,19,20,21). The number of aliphatic imine (C=N–C) groups is 1. The van der Waals surface area contributed by atoms with Gasteiger partial charge < -0.3 is 20.5 Å². The molecular formula is C15H22F3N3O2. The first-order valence-electron chi connectivity index (χ1n) is 7.18. The lowest BCUT2D eigenvalue weighted by atomic mass is 10.2. The van der Waals surface area contributed by atoms with Crippen molar-refractivity contribution in [3.05, 3.63) is 23.8 Å². The van der Waals surface area contributed by atoms with E-state index in [1.54, 1.807) is 12.1 Å². The second kappa shape index (κ2) is 8.50. The lowest BCUT2D eigenvalue weighted by Gasteiger charge is -2.14. The van der Waals surface area contributed by atoms with Gasteiger partial charge in [-0.15, -0.1) is 0 Å². The normalized spacial score (nSPS) is 13.6. The number of benzene rings is 1. The quantitative estimate of drug-likeness (QED) is 0.595. The molecule has 3 N–H and O–H groups in total. The molecule has 1 atom stereocenters. The van der Waals surface area contributed by atoms with Crippen LogP contribution in [-0.2, 0) is 6.54 Å². The third kappa shape index (κ3) is 7.12. The molecule has 0 amide bonds. The number of guanidine groups is 1. The SMILES string of the molecule is CCC(C)NC(N)=NCc1ccc(OCC(F)(F)F)c(OC)c1. The Morgan fingerprint density at radius 3 is 2.61 bits per heavy atom. The number of hydrogen-bond acceptors (Lipinski definition) is 3. The fourth-order valence-electron chi connectivity index (χ4n) is 1.67. The summed E-state index contributed by atoms with van der Waals surface area (Å²) in [5, 5.41) is 3.02. The number of ether oxygens (including phenoxy) is 2. The molecule has 0 aliphatic carbocycles. The maximum Gasteiger partial charge on any atom is 0.422 e. The average Bonchev–Trinajstić information content (AvgIpc) is 2.50. The molecule has 0 aliphatic heterocycles. The highest BCUT2D eigenvalue weighted by Crippen LogP contribution is 2.30. The fourth-order valence-corrected chi connectivity index (χ4v) is 1.67. The zero-order chi connectivity index (χ0) is 17.5. The van der Waals surface area contributed by atoms with Crippen molar-refractivity contribution in [2.75, 3.05) is 13.7 Å². The van der Waals surface area contributed by atoms with Gasteiger partial charge in [-0.2, -0.15) is 13.2 Å². The maximum atomic E-state index is 12.2. The molecule has 0 fully saturated rings. The van der Waals surface area contributed by atoms with E-state index in [9.17, 15) is 13.2 Å². The van der Waals surface area contributed by atoms with Gasteiger partial charge in [0, 0.05) is 6.04 Å². The summed E-state index contributed by atoms with van der Waals surface area (Å²) in [7, 11) is 1.36. The largest absolute Gasteiger partial charge is 0.493 e. The van der Waals surface area contributed by atoms with E-state index in [2.05, 4.69) is 10.3 Å². The van der Waals surface area contributed by atoms with Crippen LogP contribution in [-0.4, -0.2) is 31.9 Å². The van der Waals surface area contributed by atoms with Crippen LogP contribution in [0, 0.1) is 0 Å². The molecule has 0 aromatic heterocycles. The molecule has 5 nitrogen and oxygen atoms in total. The Labute approximate surface area is 133 Å². The summed E-state index contributed by atoms with van der Waals surface area (Å²) in [4.78, 5) is 4.18. The Kier molecular flexibility index (Phi) is 6.99. The molecule has 0 radical (unpaired) electrons. The van der Waals surface area contributed by atoms with Crippen LogP contribution in [0.25, 0.3) is 0 Å². The molecule has 1 rings (SSSR count). The van der Waals surface area contributed by atoms with E-state index in [4.69, 9.17) is 15.2 Å². The van der Waals surface area contributed by atoms with Crippen molar-refractivity contribution in [1.82, 2.24) is 5.32 Å². The van der Waals surface area contributed by atoms with Crippen molar-refractivity contribution >= 4 is 5.96 Å². The highest BCUT2D eigenvalue weighted by Gasteiger charge is 2.29. The highest BCUT2D eigenvalue weighted by molar-refractivity contribution is 5.78. The molecule has 0 saturated carbocycles. The summed E-state index contributed by atoms with van der Waals surface area (Å²) in [6.45, 7) is 2.92. The van der Waals surface area contributed by atoms with E-state index in [1.807, 2.05) is 13.8 Å². The maximum absolute atomic E-state index is 12.2. The molecule has 1 aromatic carbocycles. The summed E-state index contributed by atoms with van der Waals surface area (Å²) in [6.07, 6.45) is -3.49. The Balaban J connectivity index is 2.73. The second-order valence-corrected chi connectivity index (χ2v) is 5.04. The minimum Gasteiger partial charge on any atom is -0.493 e. The van der Waals surface area contributed by atoms with Gasteiger partial charge in [0.1, 0.15) is 0 Å². The summed E-state index contributed by atoms with van der Waals surface area (Å²) in [5.41, 5.74) is 6.50. The molecule has 0 heterocycles. The van der Waals surface area contributed by atoms with Crippen molar-refractivity contribution in [2.45, 2.75) is 39.0 Å². The van der Waals surface area contributed by atoms with E-state index >= 15 is 0 Å². The molecular weight excluding hydrogens is 311 g/mol. The van der Waals surface area contributed by atoms with Crippen LogP contribution >= 0.6 is 0 Å². The Morgan fingerprint density at radius 1 is 1.35 bits per heavy atom. The molecule has 0 aliphatic rings. The first-order chi connectivity index (χ1) is 10.7. The van der Waals surface area contributed by atoms with Gasteiger partial charge in [-0.3, -0.25) is 0 Å². The first-order valence-corrected chi connectivity index (χ1v) is 7.18. The molecule has 0 spiro atoms. The number of rotatable bonds is 7. The molecule has 1 aromatic rings. The number of methoxy groups -OCH3 is 1. The van der Waals surface area contributed by atoms with Crippen LogP contribution in [0.3, 0.4) is 0 Å². The molecule has 23 heavy (non-hydrogen) atoms. The van der Waals surface area contributed by atoms with Gasteiger partial charge in [-0.05, 0) is 31.0 Å². The van der Waals surface area contributed by atoms with Crippen molar-refractivity contribution in [1.29, 1.82) is 0 Å². The monoisotopic (exact) mass is 333 g/mol. The lowest BCUT2D eigenvalue weighted by Crippen LogP contribution is -2.38. The van der Waals surface area contributed by atoms with Crippen LogP contribution < -0.4 is 20.5 Å². The highest BCUT2D eigenvalue weighted by atomic mass is 19.4. The van der Waals surface area contributed by atoms with Gasteiger partial charge >= 0.3 is 6.18 Å². The van der Waals surface area contributed by atoms with E-state index < -0.39 is 12.8 Å². The molecule has 0 saturated heterocycles. The van der Waals surface area contributed by atoms with Crippen LogP contribution in [0.5, 0.6) is 11.5 Å². The predicted molar refractivity (Wildman–Crippen MR) is 82.8 cm³/mol. The minimum absolute atomic E-state index is 0.0308. The smallest absolute Gasteiger partial charge is 0.422 e. The Hall–Kier alpha value is -2.12. The summed E-state index contributed by atoms with van der Waals surface area (Å²) in [5.74, 6) is 0.564. The molecule has 8 heteroatoms. The van der Waals surface area contributed by atoms with Crippen LogP contribution in [0.2, 0.25) is 0 Å². The zero-order valence-corrected chi connectivity index (χ0v) is 13.4. The Bertz CT molecular complexity index is 533. The van der Waals surface area contributed by atoms with Crippen LogP contribution in [0.15, 0.2) is 23.2 Å². The molecule has 130 valence electrons. The second-order valence-electron chi connectivity index (χ2n) is 5.04. The summed E-state index contributed by atoms with van der Waals surface area (Å²) >= 11 is 0. The predicted octanol–water partition coefficient (Wildman–Crippen LogP) is 2.84. The third-order valence-corrected chi connectivity index (χ3v) is 3.06.